The van der Waals surface area contributed by atoms with Crippen molar-refractivity contribution in [1.29, 1.82) is 0 Å². The Morgan fingerprint density at radius 3 is 2.72 bits per heavy atom. The van der Waals surface area contributed by atoms with E-state index < -0.39 is 0 Å². The van der Waals surface area contributed by atoms with Crippen molar-refractivity contribution in [1.82, 2.24) is 9.88 Å². The van der Waals surface area contributed by atoms with Crippen molar-refractivity contribution in [3.63, 3.8) is 0 Å². The Kier molecular flexibility index (Phi) is 4.70. The van der Waals surface area contributed by atoms with Crippen LogP contribution in [0, 0.1) is 0 Å². The Morgan fingerprint density at radius 2 is 1.83 bits per heavy atom. The van der Waals surface area contributed by atoms with Crippen molar-refractivity contribution >= 4 is 22.5 Å². The molecule has 0 radical (unpaired) electrons. The molecule has 0 atom stereocenters. The number of rotatable bonds is 3. The molecule has 0 saturated carbocycles. The largest absolute Gasteiger partial charge is 0.508 e. The van der Waals surface area contributed by atoms with Crippen molar-refractivity contribution < 1.29 is 5.11 Å². The van der Waals surface area contributed by atoms with E-state index in [0.29, 0.717) is 10.8 Å². The fourth-order valence-corrected chi connectivity index (χ4v) is 4.35. The fraction of sp³-hybridized carbons (Fsp3) is 0.160. The summed E-state index contributed by atoms with van der Waals surface area (Å²) in [6, 6.07) is 22.3. The van der Waals surface area contributed by atoms with Gasteiger partial charge < -0.3 is 5.11 Å². The summed E-state index contributed by atoms with van der Waals surface area (Å²) in [5.41, 5.74) is 6.80. The highest BCUT2D eigenvalue weighted by Gasteiger charge is 2.17. The monoisotopic (exact) mass is 400 g/mol. The molecular formula is C25H21ClN2O. The molecule has 0 bridgehead atoms. The molecule has 0 spiro atoms. The minimum absolute atomic E-state index is 0.342. The Morgan fingerprint density at radius 1 is 0.966 bits per heavy atom. The van der Waals surface area contributed by atoms with Gasteiger partial charge in [-0.1, -0.05) is 48.0 Å². The third-order valence-electron chi connectivity index (χ3n) is 5.70. The average molecular weight is 401 g/mol. The summed E-state index contributed by atoms with van der Waals surface area (Å²) in [5.74, 6) is 0.342. The van der Waals surface area contributed by atoms with E-state index in [1.54, 1.807) is 6.07 Å². The van der Waals surface area contributed by atoms with Crippen LogP contribution in [0.25, 0.3) is 22.0 Å². The topological polar surface area (TPSA) is 36.4 Å². The molecule has 144 valence electrons. The maximum Gasteiger partial charge on any atom is 0.120 e. The van der Waals surface area contributed by atoms with Crippen molar-refractivity contribution in [2.45, 2.75) is 19.5 Å². The van der Waals surface area contributed by atoms with Crippen LogP contribution in [0.1, 0.15) is 16.7 Å². The van der Waals surface area contributed by atoms with Crippen LogP contribution in [-0.2, 0) is 19.5 Å². The van der Waals surface area contributed by atoms with Crippen LogP contribution < -0.4 is 0 Å². The zero-order valence-corrected chi connectivity index (χ0v) is 16.7. The van der Waals surface area contributed by atoms with Crippen molar-refractivity contribution in [3.8, 4) is 16.9 Å². The van der Waals surface area contributed by atoms with Crippen LogP contribution in [0.2, 0.25) is 5.02 Å². The SMILES string of the molecule is Oc1ccc(-c2ccnc3cc(Cl)ccc23)cc1CN1CCc2ccccc2C1. The average Bonchev–Trinajstić information content (AvgIpc) is 2.74. The van der Waals surface area contributed by atoms with Gasteiger partial charge in [0.25, 0.3) is 0 Å². The molecule has 0 amide bonds. The number of aromatic hydroxyl groups is 1. The lowest BCUT2D eigenvalue weighted by molar-refractivity contribution is 0.242. The van der Waals surface area contributed by atoms with Crippen LogP contribution in [-0.4, -0.2) is 21.5 Å². The maximum absolute atomic E-state index is 10.5. The number of benzene rings is 3. The zero-order chi connectivity index (χ0) is 19.8. The Balaban J connectivity index is 1.47. The van der Waals surface area contributed by atoms with Gasteiger partial charge in [-0.15, -0.1) is 0 Å². The lowest BCUT2D eigenvalue weighted by atomic mass is 9.97. The summed E-state index contributed by atoms with van der Waals surface area (Å²) in [7, 11) is 0. The molecule has 1 N–H and O–H groups in total. The lowest BCUT2D eigenvalue weighted by Crippen LogP contribution is -2.30. The molecule has 1 aliphatic rings. The van der Waals surface area contributed by atoms with Gasteiger partial charge in [0.2, 0.25) is 0 Å². The van der Waals surface area contributed by atoms with Gasteiger partial charge in [-0.2, -0.15) is 0 Å². The molecule has 1 aliphatic heterocycles. The smallest absolute Gasteiger partial charge is 0.120 e. The van der Waals surface area contributed by atoms with Crippen LogP contribution in [0.4, 0.5) is 0 Å². The van der Waals surface area contributed by atoms with Gasteiger partial charge in [-0.25, -0.2) is 0 Å². The first kappa shape index (κ1) is 18.2. The Bertz CT molecular complexity index is 1200. The van der Waals surface area contributed by atoms with E-state index in [4.69, 9.17) is 11.6 Å². The summed E-state index contributed by atoms with van der Waals surface area (Å²) in [6.07, 6.45) is 2.86. The number of aromatic nitrogens is 1. The fourth-order valence-electron chi connectivity index (χ4n) is 4.18. The van der Waals surface area contributed by atoms with Gasteiger partial charge >= 0.3 is 0 Å². The van der Waals surface area contributed by atoms with Gasteiger partial charge in [0, 0.05) is 41.8 Å². The highest BCUT2D eigenvalue weighted by atomic mass is 35.5. The minimum atomic E-state index is 0.342. The first-order valence-corrected chi connectivity index (χ1v) is 10.2. The van der Waals surface area contributed by atoms with Gasteiger partial charge in [0.1, 0.15) is 5.75 Å². The second-order valence-electron chi connectivity index (χ2n) is 7.59. The van der Waals surface area contributed by atoms with E-state index >= 15 is 0 Å². The number of fused-ring (bicyclic) bond motifs is 2. The van der Waals surface area contributed by atoms with Crippen LogP contribution >= 0.6 is 11.6 Å². The van der Waals surface area contributed by atoms with Gasteiger partial charge in [-0.3, -0.25) is 9.88 Å². The lowest BCUT2D eigenvalue weighted by Gasteiger charge is -2.29. The summed E-state index contributed by atoms with van der Waals surface area (Å²) >= 11 is 6.13. The van der Waals surface area contributed by atoms with Crippen LogP contribution in [0.15, 0.2) is 72.9 Å². The Labute approximate surface area is 175 Å². The number of hydrogen-bond donors (Lipinski definition) is 1. The quantitative estimate of drug-likeness (QED) is 0.470. The number of halogens is 1. The van der Waals surface area contributed by atoms with Crippen LogP contribution in [0.5, 0.6) is 5.75 Å². The molecule has 0 aliphatic carbocycles. The Hall–Kier alpha value is -2.88. The number of pyridine rings is 1. The molecule has 2 heterocycles. The van der Waals surface area contributed by atoms with Crippen molar-refractivity contribution in [3.05, 3.63) is 94.6 Å². The highest BCUT2D eigenvalue weighted by Crippen LogP contribution is 2.33. The second-order valence-corrected chi connectivity index (χ2v) is 8.03. The summed E-state index contributed by atoms with van der Waals surface area (Å²) < 4.78 is 0. The van der Waals surface area contributed by atoms with E-state index in [-0.39, 0.29) is 0 Å². The van der Waals surface area contributed by atoms with Crippen molar-refractivity contribution in [2.24, 2.45) is 0 Å². The predicted molar refractivity (Wildman–Crippen MR) is 118 cm³/mol. The first-order valence-electron chi connectivity index (χ1n) is 9.83. The number of phenolic OH excluding ortho intramolecular Hbond substituents is 1. The molecule has 29 heavy (non-hydrogen) atoms. The van der Waals surface area contributed by atoms with Crippen LogP contribution in [0.3, 0.4) is 0 Å². The molecule has 5 rings (SSSR count). The number of hydrogen-bond acceptors (Lipinski definition) is 3. The summed E-state index contributed by atoms with van der Waals surface area (Å²) in [4.78, 5) is 6.84. The third kappa shape index (κ3) is 3.59. The molecule has 4 aromatic rings. The predicted octanol–water partition coefficient (Wildman–Crippen LogP) is 5.82. The number of nitrogens with zero attached hydrogens (tertiary/aromatic N) is 2. The van der Waals surface area contributed by atoms with Crippen molar-refractivity contribution in [2.75, 3.05) is 6.54 Å². The minimum Gasteiger partial charge on any atom is -0.508 e. The van der Waals surface area contributed by atoms with E-state index in [0.717, 1.165) is 53.6 Å². The summed E-state index contributed by atoms with van der Waals surface area (Å²) in [5, 5.41) is 12.2. The normalized spacial score (nSPS) is 14.1. The van der Waals surface area contributed by atoms with E-state index in [1.165, 1.54) is 11.1 Å². The molecule has 3 aromatic carbocycles. The molecule has 3 nitrogen and oxygen atoms in total. The van der Waals surface area contributed by atoms with Gasteiger partial charge in [0.05, 0.1) is 5.52 Å². The van der Waals surface area contributed by atoms with Gasteiger partial charge in [0.15, 0.2) is 0 Å². The van der Waals surface area contributed by atoms with E-state index in [1.807, 2.05) is 36.5 Å². The molecular weight excluding hydrogens is 380 g/mol. The third-order valence-corrected chi connectivity index (χ3v) is 5.93. The standard InChI is InChI=1S/C25H21ClN2O/c26-21-6-7-23-22(9-11-27-24(23)14-21)18-5-8-25(29)20(13-18)16-28-12-10-17-3-1-2-4-19(17)15-28/h1-9,11,13-14,29H,10,12,15-16H2. The highest BCUT2D eigenvalue weighted by molar-refractivity contribution is 6.31. The summed E-state index contributed by atoms with van der Waals surface area (Å²) in [6.45, 7) is 2.64. The molecule has 4 heteroatoms. The molecule has 1 aromatic heterocycles. The molecule has 0 saturated heterocycles. The maximum atomic E-state index is 10.5. The first-order chi connectivity index (χ1) is 14.2. The van der Waals surface area contributed by atoms with Gasteiger partial charge in [-0.05, 0) is 59.0 Å². The van der Waals surface area contributed by atoms with E-state index in [2.05, 4.69) is 40.2 Å². The molecule has 0 fully saturated rings. The molecule has 0 unspecified atom stereocenters. The van der Waals surface area contributed by atoms with E-state index in [9.17, 15) is 5.11 Å². The zero-order valence-electron chi connectivity index (χ0n) is 16.0. The second kappa shape index (κ2) is 7.51. The number of phenols is 1.